The summed E-state index contributed by atoms with van der Waals surface area (Å²) in [5.41, 5.74) is 1.75. The molecule has 3 aliphatic heterocycles. The fourth-order valence-corrected chi connectivity index (χ4v) is 6.59. The van der Waals surface area contributed by atoms with E-state index in [2.05, 4.69) is 16.1 Å². The van der Waals surface area contributed by atoms with E-state index in [0.29, 0.717) is 29.3 Å². The number of nitrogens with zero attached hydrogens (tertiary/aromatic N) is 4. The Balaban J connectivity index is 1.26. The summed E-state index contributed by atoms with van der Waals surface area (Å²) in [6.45, 7) is 3.03. The van der Waals surface area contributed by atoms with E-state index in [1.54, 1.807) is 24.5 Å². The summed E-state index contributed by atoms with van der Waals surface area (Å²) >= 11 is 0. The normalized spacial score (nSPS) is 29.8. The van der Waals surface area contributed by atoms with Crippen LogP contribution in [0.1, 0.15) is 38.5 Å². The van der Waals surface area contributed by atoms with Crippen molar-refractivity contribution >= 4 is 5.91 Å². The summed E-state index contributed by atoms with van der Waals surface area (Å²) in [6.07, 6.45) is 11.3. The highest BCUT2D eigenvalue weighted by molar-refractivity contribution is 5.77. The Morgan fingerprint density at radius 2 is 2.09 bits per heavy atom. The molecule has 7 nitrogen and oxygen atoms in total. The van der Waals surface area contributed by atoms with E-state index in [-0.39, 0.29) is 24.1 Å². The lowest BCUT2D eigenvalue weighted by Gasteiger charge is -2.54. The van der Waals surface area contributed by atoms with E-state index in [9.17, 15) is 9.59 Å². The van der Waals surface area contributed by atoms with Gasteiger partial charge in [-0.05, 0) is 68.7 Å². The molecule has 3 saturated heterocycles. The summed E-state index contributed by atoms with van der Waals surface area (Å²) in [5.74, 6) is 1.72. The second-order valence-corrected chi connectivity index (χ2v) is 9.79. The minimum absolute atomic E-state index is 0.00832. The van der Waals surface area contributed by atoms with Crippen LogP contribution < -0.4 is 5.56 Å². The Kier molecular flexibility index (Phi) is 5.01. The lowest BCUT2D eigenvalue weighted by molar-refractivity contribution is -0.137. The number of carbonyl (C=O) groups excluding carboxylic acids is 1. The van der Waals surface area contributed by atoms with Crippen LogP contribution in [-0.2, 0) is 11.3 Å². The standard InChI is InChI=1S/C25H30N4O3/c30-23-9-8-20(22-7-4-12-32-22)26-29(23)16-24(31)28-11-3-5-17-13-18-14-19(25(17)28)15-27-10-2-1-6-21(18)27/h4,7-9,12-13,18-19,21,25H,1-3,5-6,10-11,14-16H2/t18-,19-,21+,25-/m0/s1. The van der Waals surface area contributed by atoms with Crippen LogP contribution in [-0.4, -0.2) is 57.2 Å². The van der Waals surface area contributed by atoms with Gasteiger partial charge in [-0.25, -0.2) is 4.68 Å². The Labute approximate surface area is 187 Å². The van der Waals surface area contributed by atoms with Crippen molar-refractivity contribution in [1.29, 1.82) is 0 Å². The molecule has 2 aromatic rings. The molecule has 3 fully saturated rings. The van der Waals surface area contributed by atoms with Crippen LogP contribution in [0.5, 0.6) is 0 Å². The number of piperidine rings is 3. The van der Waals surface area contributed by atoms with Crippen molar-refractivity contribution in [3.63, 3.8) is 0 Å². The largest absolute Gasteiger partial charge is 0.463 e. The molecule has 5 heterocycles. The van der Waals surface area contributed by atoms with Gasteiger partial charge in [-0.1, -0.05) is 18.1 Å². The van der Waals surface area contributed by atoms with Crippen LogP contribution in [0, 0.1) is 11.8 Å². The molecule has 1 aliphatic carbocycles. The average molecular weight is 435 g/mol. The predicted molar refractivity (Wildman–Crippen MR) is 120 cm³/mol. The van der Waals surface area contributed by atoms with Gasteiger partial charge in [0, 0.05) is 25.2 Å². The lowest BCUT2D eigenvalue weighted by Crippen LogP contribution is -2.60. The van der Waals surface area contributed by atoms with Gasteiger partial charge in [-0.3, -0.25) is 14.5 Å². The molecule has 0 radical (unpaired) electrons. The maximum absolute atomic E-state index is 13.5. The van der Waals surface area contributed by atoms with Crippen molar-refractivity contribution in [3.8, 4) is 11.5 Å². The number of amides is 1. The smallest absolute Gasteiger partial charge is 0.267 e. The Bertz CT molecular complexity index is 1090. The SMILES string of the molecule is O=C(Cn1nc(-c2ccco2)ccc1=O)N1CCCC2=C[C@H]3C[C@@H](CN4CCCC[C@H]34)[C@H]21. The molecule has 0 saturated carbocycles. The first-order chi connectivity index (χ1) is 15.7. The van der Waals surface area contributed by atoms with Gasteiger partial charge < -0.3 is 9.32 Å². The van der Waals surface area contributed by atoms with Crippen LogP contribution in [0.4, 0.5) is 0 Å². The molecule has 7 heteroatoms. The van der Waals surface area contributed by atoms with Gasteiger partial charge in [0.15, 0.2) is 5.76 Å². The second kappa shape index (κ2) is 8.03. The van der Waals surface area contributed by atoms with Gasteiger partial charge in [0.1, 0.15) is 12.2 Å². The third-order valence-electron chi connectivity index (χ3n) is 7.90. The van der Waals surface area contributed by atoms with Crippen molar-refractivity contribution in [2.45, 2.75) is 57.2 Å². The van der Waals surface area contributed by atoms with E-state index in [1.807, 2.05) is 4.90 Å². The minimum atomic E-state index is -0.265. The highest BCUT2D eigenvalue weighted by Crippen LogP contribution is 2.45. The van der Waals surface area contributed by atoms with E-state index >= 15 is 0 Å². The molecule has 4 atom stereocenters. The van der Waals surface area contributed by atoms with E-state index in [1.165, 1.54) is 48.5 Å². The number of hydrogen-bond acceptors (Lipinski definition) is 5. The average Bonchev–Trinajstić information content (AvgIpc) is 3.35. The molecule has 2 bridgehead atoms. The number of carbonyl (C=O) groups is 1. The number of hydrogen-bond donors (Lipinski definition) is 0. The maximum Gasteiger partial charge on any atom is 0.267 e. The number of likely N-dealkylation sites (tertiary alicyclic amines) is 1. The van der Waals surface area contributed by atoms with Gasteiger partial charge in [0.25, 0.3) is 5.56 Å². The van der Waals surface area contributed by atoms with Crippen molar-refractivity contribution in [2.24, 2.45) is 11.8 Å². The number of rotatable bonds is 3. The van der Waals surface area contributed by atoms with Crippen molar-refractivity contribution < 1.29 is 9.21 Å². The highest BCUT2D eigenvalue weighted by Gasteiger charge is 2.46. The van der Waals surface area contributed by atoms with Gasteiger partial charge in [0.05, 0.1) is 12.3 Å². The molecular weight excluding hydrogens is 404 g/mol. The zero-order valence-corrected chi connectivity index (χ0v) is 18.4. The predicted octanol–water partition coefficient (Wildman–Crippen LogP) is 2.92. The fraction of sp³-hybridized carbons (Fsp3) is 0.560. The Morgan fingerprint density at radius 3 is 2.97 bits per heavy atom. The van der Waals surface area contributed by atoms with Gasteiger partial charge in [-0.2, -0.15) is 5.10 Å². The molecule has 4 aliphatic rings. The van der Waals surface area contributed by atoms with Crippen molar-refractivity contribution in [1.82, 2.24) is 19.6 Å². The van der Waals surface area contributed by atoms with Crippen molar-refractivity contribution in [3.05, 3.63) is 52.5 Å². The minimum Gasteiger partial charge on any atom is -0.463 e. The molecule has 0 spiro atoms. The summed E-state index contributed by atoms with van der Waals surface area (Å²) in [7, 11) is 0. The maximum atomic E-state index is 13.5. The number of aromatic nitrogens is 2. The first kappa shape index (κ1) is 20.0. The molecule has 2 aromatic heterocycles. The zero-order valence-electron chi connectivity index (χ0n) is 18.4. The van der Waals surface area contributed by atoms with Crippen LogP contribution in [0.2, 0.25) is 0 Å². The molecular formula is C25H30N4O3. The molecule has 168 valence electrons. The Hall–Kier alpha value is -2.67. The van der Waals surface area contributed by atoms with Gasteiger partial charge >= 0.3 is 0 Å². The summed E-state index contributed by atoms with van der Waals surface area (Å²) < 4.78 is 6.69. The van der Waals surface area contributed by atoms with Crippen LogP contribution in [0.15, 0.2) is 51.4 Å². The van der Waals surface area contributed by atoms with Crippen LogP contribution in [0.25, 0.3) is 11.5 Å². The van der Waals surface area contributed by atoms with Crippen molar-refractivity contribution in [2.75, 3.05) is 19.6 Å². The van der Waals surface area contributed by atoms with Gasteiger partial charge in [-0.15, -0.1) is 0 Å². The first-order valence-corrected chi connectivity index (χ1v) is 12.0. The lowest BCUT2D eigenvalue weighted by atomic mass is 9.68. The summed E-state index contributed by atoms with van der Waals surface area (Å²) in [4.78, 5) is 30.7. The van der Waals surface area contributed by atoms with E-state index < -0.39 is 0 Å². The molecule has 1 amide bonds. The van der Waals surface area contributed by atoms with E-state index in [4.69, 9.17) is 4.42 Å². The van der Waals surface area contributed by atoms with Crippen LogP contribution >= 0.6 is 0 Å². The molecule has 32 heavy (non-hydrogen) atoms. The topological polar surface area (TPSA) is 71.6 Å². The third kappa shape index (κ3) is 3.43. The van der Waals surface area contributed by atoms with E-state index in [0.717, 1.165) is 25.9 Å². The summed E-state index contributed by atoms with van der Waals surface area (Å²) in [6, 6.07) is 7.57. The zero-order chi connectivity index (χ0) is 21.7. The van der Waals surface area contributed by atoms with Gasteiger partial charge in [0.2, 0.25) is 5.91 Å². The summed E-state index contributed by atoms with van der Waals surface area (Å²) in [5, 5.41) is 4.41. The highest BCUT2D eigenvalue weighted by atomic mass is 16.3. The quantitative estimate of drug-likeness (QED) is 0.695. The monoisotopic (exact) mass is 434 g/mol. The molecule has 0 aromatic carbocycles. The molecule has 0 unspecified atom stereocenters. The number of fused-ring (bicyclic) bond motifs is 6. The molecule has 0 N–H and O–H groups in total. The Morgan fingerprint density at radius 1 is 1.16 bits per heavy atom. The number of furan rings is 1. The second-order valence-electron chi connectivity index (χ2n) is 9.79. The third-order valence-corrected chi connectivity index (χ3v) is 7.90. The fourth-order valence-electron chi connectivity index (χ4n) is 6.59. The van der Waals surface area contributed by atoms with Crippen LogP contribution in [0.3, 0.4) is 0 Å². The molecule has 6 rings (SSSR count). The first-order valence-electron chi connectivity index (χ1n) is 12.0.